The van der Waals surface area contributed by atoms with E-state index in [1.54, 1.807) is 18.2 Å². The molecule has 0 radical (unpaired) electrons. The van der Waals surface area contributed by atoms with Gasteiger partial charge in [-0.2, -0.15) is 5.10 Å². The van der Waals surface area contributed by atoms with Crippen molar-refractivity contribution in [2.24, 2.45) is 0 Å². The second-order valence-electron chi connectivity index (χ2n) is 3.16. The highest BCUT2D eigenvalue weighted by atomic mass is 16.3. The van der Waals surface area contributed by atoms with Gasteiger partial charge in [-0.3, -0.25) is 5.10 Å². The molecule has 1 aromatic carbocycles. The number of aromatic amines is 1. The third-order valence-electron chi connectivity index (χ3n) is 1.96. The van der Waals surface area contributed by atoms with Crippen LogP contribution in [0.25, 0.3) is 0 Å². The lowest BCUT2D eigenvalue weighted by molar-refractivity contribution is 0.474. The number of nitrogen functional groups attached to an aromatic ring is 1. The summed E-state index contributed by atoms with van der Waals surface area (Å²) in [6.07, 6.45) is 0.693. The zero-order chi connectivity index (χ0) is 9.97. The molecule has 2 rings (SSSR count). The number of rotatable bonds is 2. The molecule has 72 valence electrons. The van der Waals surface area contributed by atoms with Crippen LogP contribution in [0, 0.1) is 0 Å². The van der Waals surface area contributed by atoms with Crippen molar-refractivity contribution in [2.75, 3.05) is 5.73 Å². The number of phenols is 1. The molecule has 1 heterocycles. The Labute approximate surface area is 81.4 Å². The fourth-order valence-electron chi connectivity index (χ4n) is 1.36. The minimum atomic E-state index is 0.273. The molecular formula is C10H11N3O. The zero-order valence-electron chi connectivity index (χ0n) is 7.57. The number of nitrogens with one attached hydrogen (secondary N) is 1. The third-order valence-corrected chi connectivity index (χ3v) is 1.96. The second-order valence-corrected chi connectivity index (χ2v) is 3.16. The van der Waals surface area contributed by atoms with E-state index in [2.05, 4.69) is 10.2 Å². The van der Waals surface area contributed by atoms with Crippen LogP contribution in [0.4, 0.5) is 5.82 Å². The topological polar surface area (TPSA) is 74.9 Å². The van der Waals surface area contributed by atoms with Gasteiger partial charge in [0.1, 0.15) is 11.6 Å². The number of nitrogens with two attached hydrogens (primary N) is 1. The molecule has 1 aromatic heterocycles. The molecule has 0 saturated carbocycles. The zero-order valence-corrected chi connectivity index (χ0v) is 7.57. The molecule has 4 heteroatoms. The van der Waals surface area contributed by atoms with Crippen LogP contribution in [0.5, 0.6) is 5.75 Å². The van der Waals surface area contributed by atoms with Gasteiger partial charge >= 0.3 is 0 Å². The van der Waals surface area contributed by atoms with Crippen LogP contribution < -0.4 is 5.73 Å². The first-order valence-corrected chi connectivity index (χ1v) is 4.32. The van der Waals surface area contributed by atoms with Crippen LogP contribution in [-0.2, 0) is 6.42 Å². The molecular weight excluding hydrogens is 178 g/mol. The maximum absolute atomic E-state index is 9.25. The van der Waals surface area contributed by atoms with Gasteiger partial charge in [0.25, 0.3) is 0 Å². The number of nitrogens with zero attached hydrogens (tertiary/aromatic N) is 1. The Hall–Kier alpha value is -1.97. The van der Waals surface area contributed by atoms with Crippen LogP contribution in [0.2, 0.25) is 0 Å². The highest BCUT2D eigenvalue weighted by molar-refractivity contribution is 5.34. The summed E-state index contributed by atoms with van der Waals surface area (Å²) in [4.78, 5) is 0. The van der Waals surface area contributed by atoms with Crippen LogP contribution in [0.1, 0.15) is 11.3 Å². The second kappa shape index (κ2) is 3.41. The maximum Gasteiger partial charge on any atom is 0.145 e. The first-order valence-electron chi connectivity index (χ1n) is 4.32. The van der Waals surface area contributed by atoms with Crippen LogP contribution in [-0.4, -0.2) is 15.3 Å². The van der Waals surface area contributed by atoms with Gasteiger partial charge < -0.3 is 10.8 Å². The first kappa shape index (κ1) is 8.62. The van der Waals surface area contributed by atoms with E-state index in [-0.39, 0.29) is 5.75 Å². The molecule has 4 N–H and O–H groups in total. The highest BCUT2D eigenvalue weighted by Crippen LogP contribution is 2.14. The Bertz CT molecular complexity index is 436. The molecule has 0 aliphatic heterocycles. The number of hydrogen-bond donors (Lipinski definition) is 3. The molecule has 0 aliphatic rings. The van der Waals surface area contributed by atoms with Crippen molar-refractivity contribution in [3.8, 4) is 5.75 Å². The summed E-state index contributed by atoms with van der Waals surface area (Å²) in [5.74, 6) is 0.759. The van der Waals surface area contributed by atoms with Crippen molar-refractivity contribution < 1.29 is 5.11 Å². The summed E-state index contributed by atoms with van der Waals surface area (Å²) in [6.45, 7) is 0. The average molecular weight is 189 g/mol. The highest BCUT2D eigenvalue weighted by Gasteiger charge is 2.00. The van der Waals surface area contributed by atoms with E-state index in [4.69, 9.17) is 5.73 Å². The Morgan fingerprint density at radius 1 is 1.36 bits per heavy atom. The van der Waals surface area contributed by atoms with Gasteiger partial charge in [0.15, 0.2) is 0 Å². The number of phenolic OH excluding ortho intramolecular Hbond substituents is 1. The van der Waals surface area contributed by atoms with Crippen LogP contribution in [0.3, 0.4) is 0 Å². The number of H-pyrrole nitrogens is 1. The van der Waals surface area contributed by atoms with Gasteiger partial charge in [-0.25, -0.2) is 0 Å². The Balaban J connectivity index is 2.18. The number of anilines is 1. The molecule has 14 heavy (non-hydrogen) atoms. The van der Waals surface area contributed by atoms with Gasteiger partial charge in [-0.1, -0.05) is 12.1 Å². The fourth-order valence-corrected chi connectivity index (χ4v) is 1.36. The van der Waals surface area contributed by atoms with Crippen molar-refractivity contribution in [3.05, 3.63) is 41.6 Å². The summed E-state index contributed by atoms with van der Waals surface area (Å²) in [5.41, 5.74) is 7.43. The quantitative estimate of drug-likeness (QED) is 0.666. The van der Waals surface area contributed by atoms with Crippen molar-refractivity contribution in [1.82, 2.24) is 10.2 Å². The summed E-state index contributed by atoms with van der Waals surface area (Å²) in [5, 5.41) is 15.9. The Morgan fingerprint density at radius 2 is 2.21 bits per heavy atom. The molecule has 0 aliphatic carbocycles. The molecule has 0 fully saturated rings. The molecule has 2 aromatic rings. The molecule has 0 amide bonds. The molecule has 0 unspecified atom stereocenters. The average Bonchev–Trinajstić information content (AvgIpc) is 2.51. The summed E-state index contributed by atoms with van der Waals surface area (Å²) < 4.78 is 0. The predicted octanol–water partition coefficient (Wildman–Crippen LogP) is 1.29. The monoisotopic (exact) mass is 189 g/mol. The fraction of sp³-hybridized carbons (Fsp3) is 0.100. The molecule has 0 spiro atoms. The lowest BCUT2D eigenvalue weighted by Crippen LogP contribution is -1.87. The SMILES string of the molecule is Nc1cc(Cc2cccc(O)c2)[nH]n1. The largest absolute Gasteiger partial charge is 0.508 e. The van der Waals surface area contributed by atoms with E-state index < -0.39 is 0 Å². The van der Waals surface area contributed by atoms with E-state index in [1.165, 1.54) is 0 Å². The molecule has 4 nitrogen and oxygen atoms in total. The van der Waals surface area contributed by atoms with E-state index >= 15 is 0 Å². The van der Waals surface area contributed by atoms with Gasteiger partial charge in [0.05, 0.1) is 0 Å². The number of aromatic nitrogens is 2. The third kappa shape index (κ3) is 1.85. The van der Waals surface area contributed by atoms with Crippen LogP contribution in [0.15, 0.2) is 30.3 Å². The summed E-state index contributed by atoms with van der Waals surface area (Å²) in [6, 6.07) is 8.90. The van der Waals surface area contributed by atoms with Crippen molar-refractivity contribution in [1.29, 1.82) is 0 Å². The molecule has 0 saturated heterocycles. The van der Waals surface area contributed by atoms with E-state index in [9.17, 15) is 5.11 Å². The Kier molecular flexibility index (Phi) is 2.10. The summed E-state index contributed by atoms with van der Waals surface area (Å²) in [7, 11) is 0. The van der Waals surface area contributed by atoms with Gasteiger partial charge in [0, 0.05) is 18.2 Å². The number of aromatic hydroxyl groups is 1. The van der Waals surface area contributed by atoms with E-state index in [1.807, 2.05) is 12.1 Å². The minimum absolute atomic E-state index is 0.273. The van der Waals surface area contributed by atoms with Gasteiger partial charge in [-0.05, 0) is 17.7 Å². The van der Waals surface area contributed by atoms with Gasteiger partial charge in [0.2, 0.25) is 0 Å². The summed E-state index contributed by atoms with van der Waals surface area (Å²) >= 11 is 0. The molecule has 0 bridgehead atoms. The standard InChI is InChI=1S/C10H11N3O/c11-10-6-8(12-13-10)4-7-2-1-3-9(14)5-7/h1-3,5-6,14H,4H2,(H3,11,12,13). The van der Waals surface area contributed by atoms with Crippen molar-refractivity contribution in [2.45, 2.75) is 6.42 Å². The van der Waals surface area contributed by atoms with E-state index in [0.717, 1.165) is 11.3 Å². The van der Waals surface area contributed by atoms with E-state index in [0.29, 0.717) is 12.2 Å². The lowest BCUT2D eigenvalue weighted by atomic mass is 10.1. The van der Waals surface area contributed by atoms with Gasteiger partial charge in [-0.15, -0.1) is 0 Å². The Morgan fingerprint density at radius 3 is 2.86 bits per heavy atom. The molecule has 0 atom stereocenters. The van der Waals surface area contributed by atoms with Crippen LogP contribution >= 0.6 is 0 Å². The first-order chi connectivity index (χ1) is 6.74. The maximum atomic E-state index is 9.25. The predicted molar refractivity (Wildman–Crippen MR) is 53.9 cm³/mol. The van der Waals surface area contributed by atoms with Crippen molar-refractivity contribution in [3.63, 3.8) is 0 Å². The van der Waals surface area contributed by atoms with Crippen molar-refractivity contribution >= 4 is 5.82 Å². The smallest absolute Gasteiger partial charge is 0.145 e. The normalized spacial score (nSPS) is 10.3. The minimum Gasteiger partial charge on any atom is -0.508 e. The number of benzene rings is 1. The number of hydrogen-bond acceptors (Lipinski definition) is 3. The lowest BCUT2D eigenvalue weighted by Gasteiger charge is -1.98.